The van der Waals surface area contributed by atoms with Crippen molar-refractivity contribution < 1.29 is 4.52 Å². The second-order valence-corrected chi connectivity index (χ2v) is 3.93. The highest BCUT2D eigenvalue weighted by Gasteiger charge is 2.25. The van der Waals surface area contributed by atoms with Gasteiger partial charge in [-0.25, -0.2) is 0 Å². The van der Waals surface area contributed by atoms with Crippen LogP contribution in [0.25, 0.3) is 11.5 Å². The first kappa shape index (κ1) is 10.8. The van der Waals surface area contributed by atoms with Gasteiger partial charge in [0.15, 0.2) is 5.82 Å². The summed E-state index contributed by atoms with van der Waals surface area (Å²) in [5.74, 6) is 1.00. The smallest absolute Gasteiger partial charge is 0.258 e. The van der Waals surface area contributed by atoms with Crippen LogP contribution in [0.4, 0.5) is 0 Å². The molecule has 0 amide bonds. The average Bonchev–Trinajstić information content (AvgIpc) is 2.80. The maximum Gasteiger partial charge on any atom is 0.258 e. The van der Waals surface area contributed by atoms with Gasteiger partial charge in [0.2, 0.25) is 0 Å². The largest absolute Gasteiger partial charge is 0.334 e. The van der Waals surface area contributed by atoms with Gasteiger partial charge in [-0.05, 0) is 25.5 Å². The second kappa shape index (κ2) is 4.02. The molecule has 5 nitrogen and oxygen atoms in total. The fraction of sp³-hybridized carbons (Fsp3) is 0.364. The standard InChI is InChI=1S/C11H14N4O/c1-3-11(2,12)10-14-9(16-15-10)8-4-6-13-7-5-8/h4-7H,3,12H2,1-2H3. The van der Waals surface area contributed by atoms with E-state index in [0.29, 0.717) is 11.7 Å². The van der Waals surface area contributed by atoms with Crippen LogP contribution < -0.4 is 5.73 Å². The van der Waals surface area contributed by atoms with E-state index in [1.165, 1.54) is 0 Å². The summed E-state index contributed by atoms with van der Waals surface area (Å²) in [6.45, 7) is 3.87. The molecule has 2 rings (SSSR count). The van der Waals surface area contributed by atoms with E-state index in [-0.39, 0.29) is 0 Å². The Morgan fingerprint density at radius 2 is 2.06 bits per heavy atom. The van der Waals surface area contributed by atoms with Gasteiger partial charge in [-0.1, -0.05) is 12.1 Å². The van der Waals surface area contributed by atoms with Crippen molar-refractivity contribution in [3.8, 4) is 11.5 Å². The molecule has 2 aromatic heterocycles. The molecule has 0 aliphatic heterocycles. The lowest BCUT2D eigenvalue weighted by Crippen LogP contribution is -2.33. The maximum absolute atomic E-state index is 6.03. The Labute approximate surface area is 93.7 Å². The van der Waals surface area contributed by atoms with Crippen LogP contribution in [-0.4, -0.2) is 15.1 Å². The van der Waals surface area contributed by atoms with E-state index < -0.39 is 5.54 Å². The van der Waals surface area contributed by atoms with Crippen molar-refractivity contribution in [2.45, 2.75) is 25.8 Å². The zero-order valence-electron chi connectivity index (χ0n) is 9.34. The normalized spacial score (nSPS) is 14.7. The summed E-state index contributed by atoms with van der Waals surface area (Å²) >= 11 is 0. The van der Waals surface area contributed by atoms with Gasteiger partial charge in [0.05, 0.1) is 5.54 Å². The van der Waals surface area contributed by atoms with Crippen molar-refractivity contribution in [3.63, 3.8) is 0 Å². The predicted molar refractivity (Wildman–Crippen MR) is 59.4 cm³/mol. The molecule has 0 aromatic carbocycles. The lowest BCUT2D eigenvalue weighted by Gasteiger charge is -2.16. The van der Waals surface area contributed by atoms with E-state index in [1.807, 2.05) is 26.0 Å². The molecule has 0 fully saturated rings. The minimum Gasteiger partial charge on any atom is -0.334 e. The van der Waals surface area contributed by atoms with Crippen molar-refractivity contribution >= 4 is 0 Å². The lowest BCUT2D eigenvalue weighted by molar-refractivity contribution is 0.379. The zero-order chi connectivity index (χ0) is 11.6. The van der Waals surface area contributed by atoms with Gasteiger partial charge >= 0.3 is 0 Å². The Hall–Kier alpha value is -1.75. The van der Waals surface area contributed by atoms with Crippen molar-refractivity contribution in [2.75, 3.05) is 0 Å². The van der Waals surface area contributed by atoms with Crippen LogP contribution >= 0.6 is 0 Å². The number of nitrogens with two attached hydrogens (primary N) is 1. The molecule has 5 heteroatoms. The molecule has 2 heterocycles. The predicted octanol–water partition coefficient (Wildman–Crippen LogP) is 1.72. The summed E-state index contributed by atoms with van der Waals surface area (Å²) in [6.07, 6.45) is 4.11. The summed E-state index contributed by atoms with van der Waals surface area (Å²) in [6, 6.07) is 3.63. The number of nitrogens with zero attached hydrogens (tertiary/aromatic N) is 3. The summed E-state index contributed by atoms with van der Waals surface area (Å²) in [4.78, 5) is 8.22. The van der Waals surface area contributed by atoms with Crippen molar-refractivity contribution in [3.05, 3.63) is 30.4 Å². The molecule has 0 saturated heterocycles. The molecule has 2 N–H and O–H groups in total. The lowest BCUT2D eigenvalue weighted by atomic mass is 10.0. The number of rotatable bonds is 3. The first-order valence-corrected chi connectivity index (χ1v) is 5.17. The van der Waals surface area contributed by atoms with Gasteiger partial charge in [-0.2, -0.15) is 4.98 Å². The van der Waals surface area contributed by atoms with Crippen LogP contribution in [-0.2, 0) is 5.54 Å². The van der Waals surface area contributed by atoms with E-state index in [0.717, 1.165) is 12.0 Å². The van der Waals surface area contributed by atoms with Crippen LogP contribution in [0.1, 0.15) is 26.1 Å². The Balaban J connectivity index is 2.34. The monoisotopic (exact) mass is 218 g/mol. The Morgan fingerprint density at radius 3 is 2.69 bits per heavy atom. The quantitative estimate of drug-likeness (QED) is 0.848. The first-order chi connectivity index (χ1) is 7.63. The first-order valence-electron chi connectivity index (χ1n) is 5.17. The molecule has 0 aliphatic carbocycles. The number of hydrogen-bond donors (Lipinski definition) is 1. The van der Waals surface area contributed by atoms with Crippen LogP contribution in [0.3, 0.4) is 0 Å². The van der Waals surface area contributed by atoms with Gasteiger partial charge in [-0.15, -0.1) is 0 Å². The second-order valence-electron chi connectivity index (χ2n) is 3.93. The third kappa shape index (κ3) is 1.94. The molecule has 1 atom stereocenters. The Kier molecular flexibility index (Phi) is 2.70. The fourth-order valence-corrected chi connectivity index (χ4v) is 1.23. The average molecular weight is 218 g/mol. The zero-order valence-corrected chi connectivity index (χ0v) is 9.34. The fourth-order valence-electron chi connectivity index (χ4n) is 1.23. The van der Waals surface area contributed by atoms with Crippen LogP contribution in [0.5, 0.6) is 0 Å². The van der Waals surface area contributed by atoms with E-state index in [2.05, 4.69) is 15.1 Å². The van der Waals surface area contributed by atoms with Crippen LogP contribution in [0.2, 0.25) is 0 Å². The van der Waals surface area contributed by atoms with Crippen molar-refractivity contribution in [1.29, 1.82) is 0 Å². The van der Waals surface area contributed by atoms with Gasteiger partial charge in [-0.3, -0.25) is 4.98 Å². The summed E-state index contributed by atoms with van der Waals surface area (Å²) < 4.78 is 5.17. The molecule has 16 heavy (non-hydrogen) atoms. The molecule has 2 aromatic rings. The topological polar surface area (TPSA) is 77.8 Å². The van der Waals surface area contributed by atoms with Crippen LogP contribution in [0.15, 0.2) is 29.0 Å². The van der Waals surface area contributed by atoms with Gasteiger partial charge in [0, 0.05) is 18.0 Å². The van der Waals surface area contributed by atoms with Crippen molar-refractivity contribution in [1.82, 2.24) is 15.1 Å². The van der Waals surface area contributed by atoms with Gasteiger partial charge in [0.25, 0.3) is 5.89 Å². The minimum atomic E-state index is -0.547. The molecule has 0 spiro atoms. The molecule has 0 bridgehead atoms. The molecule has 84 valence electrons. The van der Waals surface area contributed by atoms with E-state index in [4.69, 9.17) is 10.3 Å². The minimum absolute atomic E-state index is 0.475. The molecule has 0 saturated carbocycles. The molecule has 0 aliphatic rings. The number of pyridine rings is 1. The van der Waals surface area contributed by atoms with Crippen molar-refractivity contribution in [2.24, 2.45) is 5.73 Å². The van der Waals surface area contributed by atoms with E-state index in [9.17, 15) is 0 Å². The highest BCUT2D eigenvalue weighted by Crippen LogP contribution is 2.22. The SMILES string of the molecule is CCC(C)(N)c1noc(-c2ccncc2)n1. The number of aromatic nitrogens is 3. The Morgan fingerprint density at radius 1 is 1.38 bits per heavy atom. The van der Waals surface area contributed by atoms with Gasteiger partial charge in [0.1, 0.15) is 0 Å². The van der Waals surface area contributed by atoms with E-state index >= 15 is 0 Å². The van der Waals surface area contributed by atoms with E-state index in [1.54, 1.807) is 12.4 Å². The summed E-state index contributed by atoms with van der Waals surface area (Å²) in [5, 5.41) is 3.90. The Bertz CT molecular complexity index is 464. The molecule has 0 radical (unpaired) electrons. The van der Waals surface area contributed by atoms with Crippen LogP contribution in [0, 0.1) is 0 Å². The maximum atomic E-state index is 6.03. The van der Waals surface area contributed by atoms with Gasteiger partial charge < -0.3 is 10.3 Å². The summed E-state index contributed by atoms with van der Waals surface area (Å²) in [7, 11) is 0. The highest BCUT2D eigenvalue weighted by atomic mass is 16.5. The number of hydrogen-bond acceptors (Lipinski definition) is 5. The molecule has 1 unspecified atom stereocenters. The molecular formula is C11H14N4O. The third-order valence-corrected chi connectivity index (χ3v) is 2.60. The molecular weight excluding hydrogens is 204 g/mol. The third-order valence-electron chi connectivity index (χ3n) is 2.60. The highest BCUT2D eigenvalue weighted by molar-refractivity contribution is 5.51. The summed E-state index contributed by atoms with van der Waals surface area (Å²) in [5.41, 5.74) is 6.33.